The SMILES string of the molecule is Cc1cc(C)c(N=[N+]=[N-])c(-c2ccc[n+](C)c2)c1. The maximum atomic E-state index is 8.69. The van der Waals surface area contributed by atoms with Crippen molar-refractivity contribution in [1.29, 1.82) is 0 Å². The molecule has 0 N–H and O–H groups in total. The molecule has 0 unspecified atom stereocenters. The van der Waals surface area contributed by atoms with Crippen molar-refractivity contribution in [3.8, 4) is 11.1 Å². The average molecular weight is 239 g/mol. The Bertz CT molecular complexity index is 640. The van der Waals surface area contributed by atoms with Gasteiger partial charge in [0.2, 0.25) is 0 Å². The zero-order chi connectivity index (χ0) is 13.1. The third-order valence-electron chi connectivity index (χ3n) is 2.84. The first-order valence-electron chi connectivity index (χ1n) is 5.74. The Hall–Kier alpha value is -2.32. The van der Waals surface area contributed by atoms with Gasteiger partial charge in [0.05, 0.1) is 0 Å². The van der Waals surface area contributed by atoms with E-state index in [-0.39, 0.29) is 0 Å². The van der Waals surface area contributed by atoms with Crippen LogP contribution < -0.4 is 4.57 Å². The van der Waals surface area contributed by atoms with Gasteiger partial charge in [-0.05, 0) is 36.6 Å². The van der Waals surface area contributed by atoms with E-state index in [1.165, 1.54) is 0 Å². The number of benzene rings is 1. The van der Waals surface area contributed by atoms with Gasteiger partial charge in [0.15, 0.2) is 12.4 Å². The van der Waals surface area contributed by atoms with Crippen molar-refractivity contribution in [3.63, 3.8) is 0 Å². The first-order chi connectivity index (χ1) is 8.61. The molecule has 4 nitrogen and oxygen atoms in total. The largest absolute Gasteiger partial charge is 0.207 e. The summed E-state index contributed by atoms with van der Waals surface area (Å²) in [5.74, 6) is 0. The van der Waals surface area contributed by atoms with Gasteiger partial charge in [-0.2, -0.15) is 0 Å². The average Bonchev–Trinajstić information content (AvgIpc) is 2.32. The van der Waals surface area contributed by atoms with Crippen LogP contribution in [0.3, 0.4) is 0 Å². The van der Waals surface area contributed by atoms with Crippen molar-refractivity contribution in [3.05, 3.63) is 58.2 Å². The molecule has 0 aliphatic rings. The van der Waals surface area contributed by atoms with E-state index in [2.05, 4.69) is 10.0 Å². The van der Waals surface area contributed by atoms with E-state index in [1.807, 2.05) is 62.1 Å². The fraction of sp³-hybridized carbons (Fsp3) is 0.214. The highest BCUT2D eigenvalue weighted by Crippen LogP contribution is 2.33. The Morgan fingerprint density at radius 1 is 1.28 bits per heavy atom. The number of pyridine rings is 1. The summed E-state index contributed by atoms with van der Waals surface area (Å²) in [5.41, 5.74) is 13.6. The van der Waals surface area contributed by atoms with Crippen LogP contribution in [-0.4, -0.2) is 0 Å². The molecule has 2 aromatic rings. The predicted molar refractivity (Wildman–Crippen MR) is 71.3 cm³/mol. The molecule has 0 fully saturated rings. The number of hydrogen-bond donors (Lipinski definition) is 0. The summed E-state index contributed by atoms with van der Waals surface area (Å²) in [7, 11) is 1.97. The molecule has 0 bridgehead atoms. The summed E-state index contributed by atoms with van der Waals surface area (Å²) in [6.45, 7) is 4.00. The number of aromatic nitrogens is 1. The van der Waals surface area contributed by atoms with Crippen LogP contribution in [0, 0.1) is 13.8 Å². The number of rotatable bonds is 2. The summed E-state index contributed by atoms with van der Waals surface area (Å²) < 4.78 is 1.98. The van der Waals surface area contributed by atoms with E-state index >= 15 is 0 Å². The minimum absolute atomic E-state index is 0.703. The molecule has 0 saturated carbocycles. The molecule has 18 heavy (non-hydrogen) atoms. The lowest BCUT2D eigenvalue weighted by Gasteiger charge is -2.09. The van der Waals surface area contributed by atoms with Crippen molar-refractivity contribution in [1.82, 2.24) is 0 Å². The highest BCUT2D eigenvalue weighted by molar-refractivity contribution is 5.77. The Kier molecular flexibility index (Phi) is 3.31. The lowest BCUT2D eigenvalue weighted by molar-refractivity contribution is -0.671. The highest BCUT2D eigenvalue weighted by Gasteiger charge is 2.10. The second-order valence-electron chi connectivity index (χ2n) is 4.43. The van der Waals surface area contributed by atoms with Gasteiger partial charge in [-0.3, -0.25) is 0 Å². The summed E-state index contributed by atoms with van der Waals surface area (Å²) in [5, 5.41) is 3.82. The maximum absolute atomic E-state index is 8.69. The molecule has 1 aromatic carbocycles. The van der Waals surface area contributed by atoms with Gasteiger partial charge in [0.1, 0.15) is 7.05 Å². The van der Waals surface area contributed by atoms with E-state index in [9.17, 15) is 0 Å². The molecule has 0 radical (unpaired) electrons. The van der Waals surface area contributed by atoms with Crippen LogP contribution in [0.2, 0.25) is 0 Å². The van der Waals surface area contributed by atoms with Gasteiger partial charge < -0.3 is 0 Å². The number of hydrogen-bond acceptors (Lipinski definition) is 1. The van der Waals surface area contributed by atoms with Gasteiger partial charge in [-0.25, -0.2) is 4.57 Å². The summed E-state index contributed by atoms with van der Waals surface area (Å²) >= 11 is 0. The van der Waals surface area contributed by atoms with Crippen LogP contribution in [0.5, 0.6) is 0 Å². The maximum Gasteiger partial charge on any atom is 0.176 e. The van der Waals surface area contributed by atoms with Crippen LogP contribution in [0.15, 0.2) is 41.8 Å². The zero-order valence-electron chi connectivity index (χ0n) is 10.8. The quantitative estimate of drug-likeness (QED) is 0.332. The van der Waals surface area contributed by atoms with E-state index < -0.39 is 0 Å². The van der Waals surface area contributed by atoms with Crippen LogP contribution in [0.4, 0.5) is 5.69 Å². The zero-order valence-corrected chi connectivity index (χ0v) is 10.8. The molecular weight excluding hydrogens is 224 g/mol. The van der Waals surface area contributed by atoms with Crippen LogP contribution in [0.25, 0.3) is 21.6 Å². The second kappa shape index (κ2) is 4.90. The molecule has 1 aromatic heterocycles. The van der Waals surface area contributed by atoms with E-state index in [0.717, 1.165) is 22.3 Å². The second-order valence-corrected chi connectivity index (χ2v) is 4.43. The molecule has 0 atom stereocenters. The van der Waals surface area contributed by atoms with E-state index in [1.54, 1.807) is 0 Å². The van der Waals surface area contributed by atoms with Crippen LogP contribution in [0.1, 0.15) is 11.1 Å². The van der Waals surface area contributed by atoms with Crippen molar-refractivity contribution < 1.29 is 4.57 Å². The first kappa shape index (κ1) is 12.1. The monoisotopic (exact) mass is 239 g/mol. The molecule has 0 spiro atoms. The van der Waals surface area contributed by atoms with Crippen molar-refractivity contribution >= 4 is 5.69 Å². The lowest BCUT2D eigenvalue weighted by atomic mass is 9.99. The topological polar surface area (TPSA) is 52.6 Å². The molecule has 0 aliphatic heterocycles. The molecule has 0 aliphatic carbocycles. The Balaban J connectivity index is 2.73. The van der Waals surface area contributed by atoms with Crippen molar-refractivity contribution in [2.24, 2.45) is 12.2 Å². The predicted octanol–water partition coefficient (Wildman–Crippen LogP) is 3.74. The van der Waals surface area contributed by atoms with Gasteiger partial charge in [0, 0.05) is 22.2 Å². The smallest absolute Gasteiger partial charge is 0.176 e. The molecule has 0 saturated heterocycles. The lowest BCUT2D eigenvalue weighted by Crippen LogP contribution is -2.26. The summed E-state index contributed by atoms with van der Waals surface area (Å²) in [6, 6.07) is 8.07. The Morgan fingerprint density at radius 2 is 2.06 bits per heavy atom. The number of aryl methyl sites for hydroxylation is 3. The van der Waals surface area contributed by atoms with Gasteiger partial charge in [-0.15, -0.1) is 0 Å². The molecule has 4 heteroatoms. The Morgan fingerprint density at radius 3 is 2.72 bits per heavy atom. The van der Waals surface area contributed by atoms with Gasteiger partial charge in [-0.1, -0.05) is 22.8 Å². The van der Waals surface area contributed by atoms with Crippen LogP contribution >= 0.6 is 0 Å². The number of nitrogens with zero attached hydrogens (tertiary/aromatic N) is 4. The Labute approximate surface area is 106 Å². The third kappa shape index (κ3) is 2.34. The van der Waals surface area contributed by atoms with Crippen LogP contribution in [-0.2, 0) is 7.05 Å². The summed E-state index contributed by atoms with van der Waals surface area (Å²) in [6.07, 6.45) is 3.99. The fourth-order valence-electron chi connectivity index (χ4n) is 2.10. The summed E-state index contributed by atoms with van der Waals surface area (Å²) in [4.78, 5) is 2.92. The minimum Gasteiger partial charge on any atom is -0.207 e. The van der Waals surface area contributed by atoms with E-state index in [4.69, 9.17) is 5.53 Å². The van der Waals surface area contributed by atoms with E-state index in [0.29, 0.717) is 5.69 Å². The fourth-order valence-corrected chi connectivity index (χ4v) is 2.10. The van der Waals surface area contributed by atoms with Crippen molar-refractivity contribution in [2.45, 2.75) is 13.8 Å². The normalized spacial score (nSPS) is 9.94. The third-order valence-corrected chi connectivity index (χ3v) is 2.84. The first-order valence-corrected chi connectivity index (χ1v) is 5.74. The molecule has 90 valence electrons. The van der Waals surface area contributed by atoms with Gasteiger partial charge >= 0.3 is 0 Å². The molecule has 2 rings (SSSR count). The van der Waals surface area contributed by atoms with Crippen molar-refractivity contribution in [2.75, 3.05) is 0 Å². The molecule has 0 amide bonds. The minimum atomic E-state index is 0.703. The molecular formula is C14H15N4+. The highest BCUT2D eigenvalue weighted by atomic mass is 15.1. The number of azide groups is 1. The van der Waals surface area contributed by atoms with Gasteiger partial charge in [0.25, 0.3) is 0 Å². The molecule has 1 heterocycles. The standard InChI is InChI=1S/C14H15N4/c1-10-7-11(2)14(16-17-15)13(8-10)12-5-4-6-18(3)9-12/h4-9H,1-3H3/q+1.